The van der Waals surface area contributed by atoms with Crippen LogP contribution in [0.15, 0.2) is 29.4 Å². The lowest BCUT2D eigenvalue weighted by Gasteiger charge is -2.02. The van der Waals surface area contributed by atoms with E-state index in [1.807, 2.05) is 12.1 Å². The maximum Gasteiger partial charge on any atom is 0.242 e. The molecular weight excluding hydrogens is 244 g/mol. The number of aromatic nitrogens is 4. The molecule has 2 aromatic rings. The lowest BCUT2D eigenvalue weighted by molar-refractivity contribution is 0.130. The summed E-state index contributed by atoms with van der Waals surface area (Å²) < 4.78 is 0. The predicted octanol–water partition coefficient (Wildman–Crippen LogP) is 0.989. The smallest absolute Gasteiger partial charge is 0.242 e. The van der Waals surface area contributed by atoms with Gasteiger partial charge < -0.3 is 10.6 Å². The van der Waals surface area contributed by atoms with Crippen molar-refractivity contribution in [2.45, 2.75) is 26.4 Å². The fourth-order valence-corrected chi connectivity index (χ4v) is 1.58. The summed E-state index contributed by atoms with van der Waals surface area (Å²) in [4.78, 5) is 5.15. The number of oxime groups is 1. The summed E-state index contributed by atoms with van der Waals surface area (Å²) in [7, 11) is 0. The second kappa shape index (κ2) is 6.48. The predicted molar refractivity (Wildman–Crippen MR) is 70.1 cm³/mol. The highest BCUT2D eigenvalue weighted by Crippen LogP contribution is 2.07. The molecule has 2 rings (SSSR count). The van der Waals surface area contributed by atoms with Gasteiger partial charge in [-0.2, -0.15) is 5.21 Å². The zero-order chi connectivity index (χ0) is 13.5. The second-order valence-electron chi connectivity index (χ2n) is 4.05. The maximum atomic E-state index is 5.61. The lowest BCUT2D eigenvalue weighted by atomic mass is 10.1. The Balaban J connectivity index is 1.87. The van der Waals surface area contributed by atoms with Crippen LogP contribution >= 0.6 is 0 Å². The van der Waals surface area contributed by atoms with Crippen molar-refractivity contribution in [2.75, 3.05) is 0 Å². The van der Waals surface area contributed by atoms with Crippen molar-refractivity contribution >= 4 is 5.84 Å². The van der Waals surface area contributed by atoms with Crippen LogP contribution in [0.3, 0.4) is 0 Å². The Bertz CT molecular complexity index is 520. The summed E-state index contributed by atoms with van der Waals surface area (Å²) in [6, 6.07) is 8.22. The molecule has 0 atom stereocenters. The third-order valence-corrected chi connectivity index (χ3v) is 2.53. The Kier molecular flexibility index (Phi) is 4.44. The molecule has 0 aliphatic heterocycles. The zero-order valence-corrected chi connectivity index (χ0v) is 10.7. The van der Waals surface area contributed by atoms with Gasteiger partial charge in [-0.3, -0.25) is 0 Å². The van der Waals surface area contributed by atoms with Crippen LogP contribution in [0.25, 0.3) is 0 Å². The van der Waals surface area contributed by atoms with Gasteiger partial charge in [0.2, 0.25) is 11.7 Å². The molecular formula is C12H16N6O. The number of nitrogens with zero attached hydrogens (tertiary/aromatic N) is 4. The third-order valence-electron chi connectivity index (χ3n) is 2.53. The quantitative estimate of drug-likeness (QED) is 0.458. The lowest BCUT2D eigenvalue weighted by Crippen LogP contribution is -2.15. The largest absolute Gasteiger partial charge is 0.389 e. The highest BCUT2D eigenvalue weighted by molar-refractivity contribution is 5.93. The summed E-state index contributed by atoms with van der Waals surface area (Å²) in [5, 5.41) is 16.8. The molecule has 19 heavy (non-hydrogen) atoms. The number of hydrogen-bond donors (Lipinski definition) is 2. The summed E-state index contributed by atoms with van der Waals surface area (Å²) in [6.45, 7) is 2.51. The third kappa shape index (κ3) is 3.77. The minimum absolute atomic E-state index is 0.0938. The number of rotatable bonds is 6. The molecule has 1 aromatic carbocycles. The van der Waals surface area contributed by atoms with Gasteiger partial charge in [-0.1, -0.05) is 42.8 Å². The molecule has 0 amide bonds. The van der Waals surface area contributed by atoms with Gasteiger partial charge >= 0.3 is 0 Å². The molecule has 0 bridgehead atoms. The molecule has 0 fully saturated rings. The SMILES string of the molecule is CCCc1ccc(CO/N=C(\N)c2nn[nH]n2)cc1. The fraction of sp³-hybridized carbons (Fsp3) is 0.333. The Labute approximate surface area is 110 Å². The Hall–Kier alpha value is -2.44. The Morgan fingerprint density at radius 2 is 2.05 bits per heavy atom. The number of nitrogens with two attached hydrogens (primary N) is 1. The second-order valence-corrected chi connectivity index (χ2v) is 4.05. The van der Waals surface area contributed by atoms with Crippen LogP contribution in [0.1, 0.15) is 30.3 Å². The van der Waals surface area contributed by atoms with Crippen LogP contribution in [0, 0.1) is 0 Å². The molecule has 0 aliphatic rings. The number of aromatic amines is 1. The molecule has 0 unspecified atom stereocenters. The minimum Gasteiger partial charge on any atom is -0.389 e. The average Bonchev–Trinajstić information content (AvgIpc) is 2.95. The molecule has 100 valence electrons. The van der Waals surface area contributed by atoms with Crippen molar-refractivity contribution in [1.82, 2.24) is 20.6 Å². The van der Waals surface area contributed by atoms with E-state index in [0.29, 0.717) is 6.61 Å². The van der Waals surface area contributed by atoms with Crippen molar-refractivity contribution in [3.05, 3.63) is 41.2 Å². The normalized spacial score (nSPS) is 11.5. The summed E-state index contributed by atoms with van der Waals surface area (Å²) in [5.74, 6) is 0.314. The molecule has 3 N–H and O–H groups in total. The number of tetrazole rings is 1. The van der Waals surface area contributed by atoms with Crippen LogP contribution in [0.4, 0.5) is 0 Å². The van der Waals surface area contributed by atoms with E-state index in [9.17, 15) is 0 Å². The summed E-state index contributed by atoms with van der Waals surface area (Å²) >= 11 is 0. The van der Waals surface area contributed by atoms with Gasteiger partial charge in [0.1, 0.15) is 6.61 Å². The number of H-pyrrole nitrogens is 1. The fourth-order valence-electron chi connectivity index (χ4n) is 1.58. The van der Waals surface area contributed by atoms with Crippen LogP contribution in [0.5, 0.6) is 0 Å². The van der Waals surface area contributed by atoms with E-state index in [2.05, 4.69) is 44.8 Å². The van der Waals surface area contributed by atoms with Gasteiger partial charge in [-0.25, -0.2) is 0 Å². The molecule has 0 aliphatic carbocycles. The van der Waals surface area contributed by atoms with E-state index in [1.54, 1.807) is 0 Å². The van der Waals surface area contributed by atoms with Gasteiger partial charge in [-0.05, 0) is 22.8 Å². The standard InChI is InChI=1S/C12H16N6O/c1-2-3-9-4-6-10(7-5-9)8-19-16-11(13)12-14-17-18-15-12/h4-7H,2-3,8H2,1H3,(H2,13,16)(H,14,15,17,18). The monoisotopic (exact) mass is 260 g/mol. The van der Waals surface area contributed by atoms with E-state index in [1.165, 1.54) is 5.56 Å². The molecule has 0 saturated carbocycles. The topological polar surface area (TPSA) is 102 Å². The molecule has 7 heteroatoms. The first-order valence-corrected chi connectivity index (χ1v) is 6.06. The molecule has 0 spiro atoms. The highest BCUT2D eigenvalue weighted by Gasteiger charge is 2.03. The number of hydrogen-bond acceptors (Lipinski definition) is 5. The van der Waals surface area contributed by atoms with E-state index in [4.69, 9.17) is 10.6 Å². The zero-order valence-electron chi connectivity index (χ0n) is 10.7. The number of amidine groups is 1. The number of nitrogens with one attached hydrogen (secondary N) is 1. The van der Waals surface area contributed by atoms with Gasteiger partial charge in [0.05, 0.1) is 0 Å². The Morgan fingerprint density at radius 3 is 2.68 bits per heavy atom. The van der Waals surface area contributed by atoms with Crippen molar-refractivity contribution in [2.24, 2.45) is 10.9 Å². The van der Waals surface area contributed by atoms with Crippen molar-refractivity contribution in [1.29, 1.82) is 0 Å². The molecule has 7 nitrogen and oxygen atoms in total. The molecule has 0 saturated heterocycles. The van der Waals surface area contributed by atoms with Crippen molar-refractivity contribution in [3.8, 4) is 0 Å². The van der Waals surface area contributed by atoms with Crippen LogP contribution in [0.2, 0.25) is 0 Å². The summed E-state index contributed by atoms with van der Waals surface area (Å²) in [6.07, 6.45) is 2.23. The van der Waals surface area contributed by atoms with E-state index in [-0.39, 0.29) is 11.7 Å². The first-order valence-electron chi connectivity index (χ1n) is 6.06. The van der Waals surface area contributed by atoms with Crippen LogP contribution < -0.4 is 5.73 Å². The van der Waals surface area contributed by atoms with Gasteiger partial charge in [0, 0.05) is 0 Å². The number of aryl methyl sites for hydroxylation is 1. The maximum absolute atomic E-state index is 5.61. The van der Waals surface area contributed by atoms with Crippen molar-refractivity contribution < 1.29 is 4.84 Å². The van der Waals surface area contributed by atoms with Crippen LogP contribution in [-0.2, 0) is 17.9 Å². The van der Waals surface area contributed by atoms with Gasteiger partial charge in [0.25, 0.3) is 0 Å². The van der Waals surface area contributed by atoms with Gasteiger partial charge in [0.15, 0.2) is 0 Å². The van der Waals surface area contributed by atoms with Crippen molar-refractivity contribution in [3.63, 3.8) is 0 Å². The minimum atomic E-state index is 0.0938. The first kappa shape index (κ1) is 13.0. The van der Waals surface area contributed by atoms with E-state index < -0.39 is 0 Å². The molecule has 0 radical (unpaired) electrons. The van der Waals surface area contributed by atoms with E-state index >= 15 is 0 Å². The average molecular weight is 260 g/mol. The number of benzene rings is 1. The Morgan fingerprint density at radius 1 is 1.32 bits per heavy atom. The van der Waals surface area contributed by atoms with Crippen LogP contribution in [-0.4, -0.2) is 26.5 Å². The molecule has 1 aromatic heterocycles. The molecule has 1 heterocycles. The first-order chi connectivity index (χ1) is 9.29. The summed E-state index contributed by atoms with van der Waals surface area (Å²) in [5.41, 5.74) is 7.96. The van der Waals surface area contributed by atoms with E-state index in [0.717, 1.165) is 18.4 Å². The van der Waals surface area contributed by atoms with Gasteiger partial charge in [-0.15, -0.1) is 10.2 Å². The highest BCUT2D eigenvalue weighted by atomic mass is 16.6.